The van der Waals surface area contributed by atoms with Crippen molar-refractivity contribution >= 4 is 57.4 Å². The molecule has 0 radical (unpaired) electrons. The van der Waals surface area contributed by atoms with Crippen molar-refractivity contribution in [1.82, 2.24) is 0 Å². The van der Waals surface area contributed by atoms with Crippen LogP contribution < -0.4 is 10.6 Å². The van der Waals surface area contributed by atoms with Gasteiger partial charge in [0, 0.05) is 25.9 Å². The number of benzene rings is 2. The Morgan fingerprint density at radius 3 is 2.39 bits per heavy atom. The topological polar surface area (TPSA) is 58.2 Å². The van der Waals surface area contributed by atoms with Crippen molar-refractivity contribution < 1.29 is 9.59 Å². The summed E-state index contributed by atoms with van der Waals surface area (Å²) in [7, 11) is 0. The summed E-state index contributed by atoms with van der Waals surface area (Å²) in [5.74, 6) is -0.0265. The Hall–Kier alpha value is -1.60. The van der Waals surface area contributed by atoms with Crippen LogP contribution in [0.2, 0.25) is 5.02 Å². The van der Waals surface area contributed by atoms with Crippen molar-refractivity contribution in [1.29, 1.82) is 0 Å². The van der Waals surface area contributed by atoms with Crippen LogP contribution in [0.3, 0.4) is 0 Å². The minimum Gasteiger partial charge on any atom is -0.326 e. The maximum Gasteiger partial charge on any atom is 0.256 e. The fraction of sp³-hybridized carbons (Fsp3) is 0.176. The zero-order chi connectivity index (χ0) is 16.4. The van der Waals surface area contributed by atoms with Crippen molar-refractivity contribution in [3.05, 3.63) is 56.6 Å². The maximum atomic E-state index is 12.4. The standard InChI is InChI=1S/C17H14ClIN2O2/c18-11-6-7-14(15(19)8-11)17(23)21-13-3-1-2-12(9-13)20-16(22)10-4-5-10/h1-3,6-10H,4-5H2,(H,20,22)(H,21,23). The molecule has 2 N–H and O–H groups in total. The zero-order valence-electron chi connectivity index (χ0n) is 12.1. The van der Waals surface area contributed by atoms with E-state index in [9.17, 15) is 9.59 Å². The third kappa shape index (κ3) is 4.23. The monoisotopic (exact) mass is 440 g/mol. The maximum absolute atomic E-state index is 12.4. The normalized spacial score (nSPS) is 13.5. The predicted molar refractivity (Wildman–Crippen MR) is 99.9 cm³/mol. The van der Waals surface area contributed by atoms with Crippen molar-refractivity contribution in [3.8, 4) is 0 Å². The summed E-state index contributed by atoms with van der Waals surface area (Å²) in [6.45, 7) is 0. The summed E-state index contributed by atoms with van der Waals surface area (Å²) >= 11 is 7.98. The molecule has 0 heterocycles. The molecule has 23 heavy (non-hydrogen) atoms. The van der Waals surface area contributed by atoms with Crippen LogP contribution in [0, 0.1) is 9.49 Å². The van der Waals surface area contributed by atoms with Crippen molar-refractivity contribution in [2.75, 3.05) is 10.6 Å². The Morgan fingerprint density at radius 1 is 1.04 bits per heavy atom. The van der Waals surface area contributed by atoms with Crippen LogP contribution in [0.4, 0.5) is 11.4 Å². The molecule has 0 bridgehead atoms. The number of nitrogens with one attached hydrogen (secondary N) is 2. The molecule has 1 aliphatic carbocycles. The summed E-state index contributed by atoms with van der Waals surface area (Å²) in [5, 5.41) is 6.30. The molecule has 0 spiro atoms. The number of amides is 2. The van der Waals surface area contributed by atoms with Crippen molar-refractivity contribution in [2.24, 2.45) is 5.92 Å². The van der Waals surface area contributed by atoms with Gasteiger partial charge in [-0.15, -0.1) is 0 Å². The fourth-order valence-electron chi connectivity index (χ4n) is 2.14. The van der Waals surface area contributed by atoms with Gasteiger partial charge in [-0.2, -0.15) is 0 Å². The minimum atomic E-state index is -0.211. The van der Waals surface area contributed by atoms with E-state index in [2.05, 4.69) is 33.2 Å². The Bertz CT molecular complexity index is 775. The van der Waals surface area contributed by atoms with Gasteiger partial charge in [-0.1, -0.05) is 17.7 Å². The van der Waals surface area contributed by atoms with Gasteiger partial charge in [-0.3, -0.25) is 9.59 Å². The minimum absolute atomic E-state index is 0.0423. The molecule has 0 aliphatic heterocycles. The number of halogens is 2. The summed E-state index contributed by atoms with van der Waals surface area (Å²) < 4.78 is 0.783. The van der Waals surface area contributed by atoms with E-state index in [4.69, 9.17) is 11.6 Å². The van der Waals surface area contributed by atoms with Gasteiger partial charge in [0.25, 0.3) is 5.91 Å². The van der Waals surface area contributed by atoms with E-state index >= 15 is 0 Å². The first-order valence-corrected chi connectivity index (χ1v) is 8.66. The largest absolute Gasteiger partial charge is 0.326 e. The molecule has 2 amide bonds. The molecular formula is C17H14ClIN2O2. The SMILES string of the molecule is O=C(Nc1cccc(NC(=O)C2CC2)c1)c1ccc(Cl)cc1I. The zero-order valence-corrected chi connectivity index (χ0v) is 15.0. The molecule has 3 rings (SSSR count). The van der Waals surface area contributed by atoms with Gasteiger partial charge in [0.1, 0.15) is 0 Å². The number of carbonyl (C=O) groups is 2. The second-order valence-corrected chi connectivity index (χ2v) is 7.02. The molecule has 6 heteroatoms. The Balaban J connectivity index is 1.71. The summed E-state index contributed by atoms with van der Waals surface area (Å²) in [6.07, 6.45) is 1.91. The van der Waals surface area contributed by atoms with E-state index in [1.54, 1.807) is 36.4 Å². The smallest absolute Gasteiger partial charge is 0.256 e. The first kappa shape index (κ1) is 16.3. The van der Waals surface area contributed by atoms with Gasteiger partial charge in [0.05, 0.1) is 5.56 Å². The Kier molecular flexibility index (Phi) is 4.87. The number of rotatable bonds is 4. The third-order valence-corrected chi connectivity index (χ3v) is 4.64. The lowest BCUT2D eigenvalue weighted by Crippen LogP contribution is -2.15. The molecular weight excluding hydrogens is 427 g/mol. The van der Waals surface area contributed by atoms with E-state index in [-0.39, 0.29) is 17.7 Å². The number of anilines is 2. The Morgan fingerprint density at radius 2 is 1.74 bits per heavy atom. The number of hydrogen-bond donors (Lipinski definition) is 2. The molecule has 0 saturated heterocycles. The van der Waals surface area contributed by atoms with E-state index in [0.717, 1.165) is 16.4 Å². The average Bonchev–Trinajstić information content (AvgIpc) is 3.32. The summed E-state index contributed by atoms with van der Waals surface area (Å²) in [4.78, 5) is 24.1. The summed E-state index contributed by atoms with van der Waals surface area (Å²) in [5.41, 5.74) is 1.88. The van der Waals surface area contributed by atoms with Gasteiger partial charge >= 0.3 is 0 Å². The molecule has 1 saturated carbocycles. The van der Waals surface area contributed by atoms with Crippen LogP contribution in [0.5, 0.6) is 0 Å². The molecule has 0 aromatic heterocycles. The van der Waals surface area contributed by atoms with E-state index < -0.39 is 0 Å². The second-order valence-electron chi connectivity index (χ2n) is 5.42. The van der Waals surface area contributed by atoms with E-state index in [1.165, 1.54) is 0 Å². The highest BCUT2D eigenvalue weighted by atomic mass is 127. The van der Waals surface area contributed by atoms with Crippen molar-refractivity contribution in [2.45, 2.75) is 12.8 Å². The quantitative estimate of drug-likeness (QED) is 0.686. The fourth-order valence-corrected chi connectivity index (χ4v) is 3.25. The van der Waals surface area contributed by atoms with Gasteiger partial charge in [-0.05, 0) is 71.8 Å². The average molecular weight is 441 g/mol. The molecule has 0 atom stereocenters. The predicted octanol–water partition coefficient (Wildman–Crippen LogP) is 4.55. The summed E-state index contributed by atoms with van der Waals surface area (Å²) in [6, 6.07) is 12.3. The molecule has 1 aliphatic rings. The lowest BCUT2D eigenvalue weighted by Gasteiger charge is -2.10. The molecule has 1 fully saturated rings. The van der Waals surface area contributed by atoms with Gasteiger partial charge < -0.3 is 10.6 Å². The van der Waals surface area contributed by atoms with Crippen LogP contribution in [0.1, 0.15) is 23.2 Å². The van der Waals surface area contributed by atoms with Crippen LogP contribution in [0.15, 0.2) is 42.5 Å². The van der Waals surface area contributed by atoms with Gasteiger partial charge in [0.15, 0.2) is 0 Å². The third-order valence-electron chi connectivity index (χ3n) is 3.51. The number of carbonyl (C=O) groups excluding carboxylic acids is 2. The van der Waals surface area contributed by atoms with E-state index in [0.29, 0.717) is 22.0 Å². The highest BCUT2D eigenvalue weighted by Gasteiger charge is 2.29. The highest BCUT2D eigenvalue weighted by Crippen LogP contribution is 2.30. The molecule has 2 aromatic rings. The lowest BCUT2D eigenvalue weighted by molar-refractivity contribution is -0.117. The van der Waals surface area contributed by atoms with Gasteiger partial charge in [-0.25, -0.2) is 0 Å². The van der Waals surface area contributed by atoms with Crippen LogP contribution in [-0.2, 0) is 4.79 Å². The molecule has 2 aromatic carbocycles. The lowest BCUT2D eigenvalue weighted by atomic mass is 10.2. The number of hydrogen-bond acceptors (Lipinski definition) is 2. The first-order valence-electron chi connectivity index (χ1n) is 7.20. The molecule has 4 nitrogen and oxygen atoms in total. The molecule has 0 unspecified atom stereocenters. The van der Waals surface area contributed by atoms with Gasteiger partial charge in [0.2, 0.25) is 5.91 Å². The second kappa shape index (κ2) is 6.88. The Labute approximate surface area is 152 Å². The first-order chi connectivity index (χ1) is 11.0. The highest BCUT2D eigenvalue weighted by molar-refractivity contribution is 14.1. The van der Waals surface area contributed by atoms with Crippen LogP contribution >= 0.6 is 34.2 Å². The van der Waals surface area contributed by atoms with Crippen LogP contribution in [0.25, 0.3) is 0 Å². The van der Waals surface area contributed by atoms with Crippen LogP contribution in [-0.4, -0.2) is 11.8 Å². The van der Waals surface area contributed by atoms with Crippen molar-refractivity contribution in [3.63, 3.8) is 0 Å². The molecule has 118 valence electrons. The van der Waals surface area contributed by atoms with E-state index in [1.807, 2.05) is 6.07 Å².